The molecule has 17 heavy (non-hydrogen) atoms. The molecule has 0 radical (unpaired) electrons. The Morgan fingerprint density at radius 3 is 2.71 bits per heavy atom. The Hall–Kier alpha value is -1.21. The smallest absolute Gasteiger partial charge is 0.329 e. The topological polar surface area (TPSA) is 64.1 Å². The van der Waals surface area contributed by atoms with Crippen molar-refractivity contribution in [2.24, 2.45) is 0 Å². The molecule has 0 amide bonds. The van der Waals surface area contributed by atoms with Gasteiger partial charge in [0.25, 0.3) is 12.0 Å². The molecule has 1 aromatic heterocycles. The van der Waals surface area contributed by atoms with Crippen molar-refractivity contribution in [3.63, 3.8) is 0 Å². The molecular weight excluding hydrogens is 258 g/mol. The number of nitrogens with zero attached hydrogens (tertiary/aromatic N) is 1. The molecule has 1 heterocycles. The van der Waals surface area contributed by atoms with Gasteiger partial charge in [0.1, 0.15) is 11.8 Å². The summed E-state index contributed by atoms with van der Waals surface area (Å²) in [4.78, 5) is 25.2. The number of alkyl halides is 2. The van der Waals surface area contributed by atoms with Crippen LogP contribution >= 0.6 is 11.6 Å². The number of aromatic amines is 1. The monoisotopic (exact) mass is 268 g/mol. The van der Waals surface area contributed by atoms with Crippen molar-refractivity contribution >= 4 is 11.6 Å². The van der Waals surface area contributed by atoms with E-state index in [9.17, 15) is 18.4 Å². The van der Waals surface area contributed by atoms with Crippen molar-refractivity contribution in [3.05, 3.63) is 31.6 Å². The van der Waals surface area contributed by atoms with E-state index in [4.69, 9.17) is 11.6 Å². The van der Waals surface area contributed by atoms with Crippen LogP contribution in [0.1, 0.15) is 5.56 Å². The van der Waals surface area contributed by atoms with E-state index in [1.807, 2.05) is 0 Å². The molecular formula is C9H11ClF2N2O3. The zero-order valence-electron chi connectivity index (χ0n) is 9.00. The third kappa shape index (κ3) is 3.64. The van der Waals surface area contributed by atoms with Gasteiger partial charge in [0.2, 0.25) is 0 Å². The Morgan fingerprint density at radius 2 is 2.12 bits per heavy atom. The summed E-state index contributed by atoms with van der Waals surface area (Å²) in [5, 5.41) is -0.0234. The Kier molecular flexibility index (Phi) is 4.83. The zero-order chi connectivity index (χ0) is 13.0. The first kappa shape index (κ1) is 13.9. The quantitative estimate of drug-likeness (QED) is 0.634. The Labute approximate surface area is 100.0 Å². The second-order valence-electron chi connectivity index (χ2n) is 3.29. The molecule has 0 aliphatic carbocycles. The average molecular weight is 269 g/mol. The van der Waals surface area contributed by atoms with Crippen LogP contribution in [0, 0.1) is 6.92 Å². The highest BCUT2D eigenvalue weighted by Crippen LogP contribution is 2.02. The lowest BCUT2D eigenvalue weighted by Crippen LogP contribution is -2.37. The fraction of sp³-hybridized carbons (Fsp3) is 0.556. The molecule has 0 unspecified atom stereocenters. The predicted molar refractivity (Wildman–Crippen MR) is 57.9 cm³/mol. The standard InChI is InChI=1S/C9H11ClF2N2O3/c1-5-7(10)13-9(16)14(8(5)15)2-3-17-4-6(11)12/h6H,2-4H2,1H3,(H,13,16). The Bertz CT molecular complexity index is 498. The molecule has 0 bridgehead atoms. The number of hydrogen-bond acceptors (Lipinski definition) is 3. The van der Waals surface area contributed by atoms with Crippen molar-refractivity contribution in [3.8, 4) is 0 Å². The normalized spacial score (nSPS) is 11.1. The lowest BCUT2D eigenvalue weighted by molar-refractivity contribution is 0.0142. The van der Waals surface area contributed by atoms with Crippen LogP contribution in [0.15, 0.2) is 9.59 Å². The first-order valence-electron chi connectivity index (χ1n) is 4.78. The van der Waals surface area contributed by atoms with Crippen LogP contribution in [0.2, 0.25) is 5.15 Å². The molecule has 0 aliphatic rings. The molecule has 0 aliphatic heterocycles. The van der Waals surface area contributed by atoms with Crippen molar-refractivity contribution < 1.29 is 13.5 Å². The van der Waals surface area contributed by atoms with Gasteiger partial charge in [-0.2, -0.15) is 0 Å². The molecule has 96 valence electrons. The summed E-state index contributed by atoms with van der Waals surface area (Å²) in [5.41, 5.74) is -1.05. The first-order chi connectivity index (χ1) is 7.93. The summed E-state index contributed by atoms with van der Waals surface area (Å²) in [6.07, 6.45) is -2.57. The Balaban J connectivity index is 2.76. The number of H-pyrrole nitrogens is 1. The molecule has 0 saturated heterocycles. The predicted octanol–water partition coefficient (Wildman–Crippen LogP) is 0.780. The van der Waals surface area contributed by atoms with Gasteiger partial charge < -0.3 is 4.74 Å². The molecule has 0 saturated carbocycles. The lowest BCUT2D eigenvalue weighted by Gasteiger charge is -2.07. The van der Waals surface area contributed by atoms with Gasteiger partial charge in [-0.05, 0) is 6.92 Å². The highest BCUT2D eigenvalue weighted by atomic mass is 35.5. The number of nitrogens with one attached hydrogen (secondary N) is 1. The van der Waals surface area contributed by atoms with Crippen LogP contribution in [0.4, 0.5) is 8.78 Å². The van der Waals surface area contributed by atoms with Crippen molar-refractivity contribution in [2.45, 2.75) is 19.9 Å². The van der Waals surface area contributed by atoms with E-state index < -0.39 is 24.3 Å². The van der Waals surface area contributed by atoms with E-state index in [0.717, 1.165) is 4.57 Å². The van der Waals surface area contributed by atoms with Gasteiger partial charge in [-0.25, -0.2) is 13.6 Å². The molecule has 1 aromatic rings. The summed E-state index contributed by atoms with van der Waals surface area (Å²) in [6, 6.07) is 0. The van der Waals surface area contributed by atoms with Gasteiger partial charge in [0.15, 0.2) is 0 Å². The molecule has 0 fully saturated rings. The zero-order valence-corrected chi connectivity index (χ0v) is 9.76. The SMILES string of the molecule is Cc1c(Cl)[nH]c(=O)n(CCOCC(F)F)c1=O. The van der Waals surface area contributed by atoms with Gasteiger partial charge in [0.05, 0.1) is 13.2 Å². The minimum absolute atomic E-state index is 0.0234. The molecule has 5 nitrogen and oxygen atoms in total. The molecule has 1 rings (SSSR count). The number of halogens is 3. The van der Waals surface area contributed by atoms with E-state index in [1.54, 1.807) is 0 Å². The first-order valence-corrected chi connectivity index (χ1v) is 5.16. The molecule has 0 aromatic carbocycles. The maximum Gasteiger partial charge on any atom is 0.329 e. The molecule has 1 N–H and O–H groups in total. The summed E-state index contributed by atoms with van der Waals surface area (Å²) in [7, 11) is 0. The minimum atomic E-state index is -2.57. The highest BCUT2D eigenvalue weighted by molar-refractivity contribution is 6.30. The summed E-state index contributed by atoms with van der Waals surface area (Å²) < 4.78 is 29.0. The van der Waals surface area contributed by atoms with Gasteiger partial charge in [-0.1, -0.05) is 11.6 Å². The van der Waals surface area contributed by atoms with Crippen LogP contribution in [0.5, 0.6) is 0 Å². The van der Waals surface area contributed by atoms with Gasteiger partial charge >= 0.3 is 5.69 Å². The van der Waals surface area contributed by atoms with E-state index in [2.05, 4.69) is 9.72 Å². The second kappa shape index (κ2) is 5.92. The third-order valence-corrected chi connectivity index (χ3v) is 2.44. The van der Waals surface area contributed by atoms with E-state index in [0.29, 0.717) is 0 Å². The summed E-state index contributed by atoms with van der Waals surface area (Å²) >= 11 is 5.59. The third-order valence-electron chi connectivity index (χ3n) is 2.06. The maximum atomic E-state index is 11.8. The average Bonchev–Trinajstić information content (AvgIpc) is 2.24. The fourth-order valence-electron chi connectivity index (χ4n) is 1.18. The van der Waals surface area contributed by atoms with Crippen molar-refractivity contribution in [1.82, 2.24) is 9.55 Å². The molecule has 8 heteroatoms. The minimum Gasteiger partial charge on any atom is -0.374 e. The van der Waals surface area contributed by atoms with Gasteiger partial charge in [-0.15, -0.1) is 0 Å². The van der Waals surface area contributed by atoms with Crippen LogP contribution in [0.25, 0.3) is 0 Å². The van der Waals surface area contributed by atoms with Crippen molar-refractivity contribution in [2.75, 3.05) is 13.2 Å². The second-order valence-corrected chi connectivity index (χ2v) is 3.67. The van der Waals surface area contributed by atoms with Crippen LogP contribution in [-0.2, 0) is 11.3 Å². The van der Waals surface area contributed by atoms with Gasteiger partial charge in [-0.3, -0.25) is 14.3 Å². The number of rotatable bonds is 5. The van der Waals surface area contributed by atoms with Gasteiger partial charge in [0, 0.05) is 5.56 Å². The van der Waals surface area contributed by atoms with E-state index >= 15 is 0 Å². The fourth-order valence-corrected chi connectivity index (χ4v) is 1.34. The van der Waals surface area contributed by atoms with Crippen LogP contribution in [0.3, 0.4) is 0 Å². The molecule has 0 atom stereocenters. The lowest BCUT2D eigenvalue weighted by atomic mass is 10.4. The van der Waals surface area contributed by atoms with Crippen LogP contribution in [-0.4, -0.2) is 29.2 Å². The summed E-state index contributed by atoms with van der Waals surface area (Å²) in [6.45, 7) is 0.490. The maximum absolute atomic E-state index is 11.8. The number of ether oxygens (including phenoxy) is 1. The molecule has 0 spiro atoms. The highest BCUT2D eigenvalue weighted by Gasteiger charge is 2.09. The van der Waals surface area contributed by atoms with E-state index in [1.165, 1.54) is 6.92 Å². The largest absolute Gasteiger partial charge is 0.374 e. The summed E-state index contributed by atoms with van der Waals surface area (Å²) in [5.74, 6) is 0. The van der Waals surface area contributed by atoms with Crippen molar-refractivity contribution in [1.29, 1.82) is 0 Å². The Morgan fingerprint density at radius 1 is 1.47 bits per heavy atom. The van der Waals surface area contributed by atoms with E-state index in [-0.39, 0.29) is 23.9 Å². The number of aromatic nitrogens is 2. The number of hydrogen-bond donors (Lipinski definition) is 1. The van der Waals surface area contributed by atoms with Crippen LogP contribution < -0.4 is 11.2 Å².